The Labute approximate surface area is 94.1 Å². The predicted octanol–water partition coefficient (Wildman–Crippen LogP) is 2.65. The minimum absolute atomic E-state index is 0.00625. The van der Waals surface area contributed by atoms with Gasteiger partial charge < -0.3 is 5.32 Å². The molecular formula is C12H17F2NO. The second-order valence-corrected chi connectivity index (χ2v) is 4.69. The van der Waals surface area contributed by atoms with Gasteiger partial charge in [-0.3, -0.25) is 4.79 Å². The molecule has 16 heavy (non-hydrogen) atoms. The van der Waals surface area contributed by atoms with Crippen molar-refractivity contribution in [1.29, 1.82) is 0 Å². The molecule has 1 saturated carbocycles. The largest absolute Gasteiger partial charge is 0.350 e. The van der Waals surface area contributed by atoms with Crippen LogP contribution in [0.3, 0.4) is 0 Å². The van der Waals surface area contributed by atoms with Crippen LogP contribution in [-0.4, -0.2) is 18.4 Å². The van der Waals surface area contributed by atoms with E-state index in [2.05, 4.69) is 5.32 Å². The summed E-state index contributed by atoms with van der Waals surface area (Å²) in [4.78, 5) is 11.6. The van der Waals surface area contributed by atoms with Crippen molar-refractivity contribution in [3.63, 3.8) is 0 Å². The summed E-state index contributed by atoms with van der Waals surface area (Å²) in [6.45, 7) is 0. The minimum Gasteiger partial charge on any atom is -0.350 e. The summed E-state index contributed by atoms with van der Waals surface area (Å²) in [6, 6.07) is 0.101. The van der Waals surface area contributed by atoms with Crippen LogP contribution in [-0.2, 0) is 4.79 Å². The summed E-state index contributed by atoms with van der Waals surface area (Å²) >= 11 is 0. The van der Waals surface area contributed by atoms with Gasteiger partial charge in [-0.2, -0.15) is 0 Å². The molecule has 2 nitrogen and oxygen atoms in total. The van der Waals surface area contributed by atoms with Gasteiger partial charge in [0.25, 0.3) is 0 Å². The number of allylic oxidation sites excluding steroid dienone is 1. The molecule has 0 heterocycles. The maximum absolute atomic E-state index is 12.4. The van der Waals surface area contributed by atoms with Crippen LogP contribution >= 0.6 is 0 Å². The first-order chi connectivity index (χ1) is 7.66. The van der Waals surface area contributed by atoms with Gasteiger partial charge in [-0.25, -0.2) is 8.78 Å². The average molecular weight is 229 g/mol. The minimum atomic E-state index is -2.20. The van der Waals surface area contributed by atoms with Crippen LogP contribution in [0, 0.1) is 5.92 Å². The van der Waals surface area contributed by atoms with E-state index in [0.29, 0.717) is 25.7 Å². The van der Waals surface area contributed by atoms with Crippen LogP contribution in [0.25, 0.3) is 0 Å². The molecule has 1 amide bonds. The van der Waals surface area contributed by atoms with Crippen molar-refractivity contribution in [2.75, 3.05) is 0 Å². The second kappa shape index (κ2) is 4.93. The molecule has 0 aromatic carbocycles. The maximum Gasteiger partial charge on any atom is 0.247 e. The van der Waals surface area contributed by atoms with Crippen LogP contribution < -0.4 is 5.32 Å². The first-order valence-electron chi connectivity index (χ1n) is 5.95. The van der Waals surface area contributed by atoms with E-state index < -0.39 is 12.3 Å². The van der Waals surface area contributed by atoms with Crippen LogP contribution in [0.15, 0.2) is 11.6 Å². The number of hydrogen-bond acceptors (Lipinski definition) is 1. The Morgan fingerprint density at radius 2 is 1.94 bits per heavy atom. The Hall–Kier alpha value is -0.930. The van der Waals surface area contributed by atoms with Crippen molar-refractivity contribution >= 4 is 5.91 Å². The Morgan fingerprint density at radius 1 is 1.31 bits per heavy atom. The van der Waals surface area contributed by atoms with Crippen molar-refractivity contribution in [1.82, 2.24) is 5.32 Å². The summed E-state index contributed by atoms with van der Waals surface area (Å²) in [5.74, 6) is -0.456. The zero-order valence-corrected chi connectivity index (χ0v) is 9.22. The van der Waals surface area contributed by atoms with Gasteiger partial charge in [0.15, 0.2) is 0 Å². The third-order valence-corrected chi connectivity index (χ3v) is 3.56. The standard InChI is InChI=1S/C12H17F2NO/c13-11(14)8-4-6-10(7-5-8)15-12(16)9-2-1-3-9/h2,8,10-11H,1,3-7H2,(H,15,16). The van der Waals surface area contributed by atoms with E-state index in [0.717, 1.165) is 18.4 Å². The molecule has 0 atom stereocenters. The number of alkyl halides is 2. The Bertz CT molecular complexity index is 293. The number of nitrogens with one attached hydrogen (secondary N) is 1. The van der Waals surface area contributed by atoms with Gasteiger partial charge in [-0.05, 0) is 38.5 Å². The predicted molar refractivity (Wildman–Crippen MR) is 57.2 cm³/mol. The van der Waals surface area contributed by atoms with E-state index in [4.69, 9.17) is 0 Å². The fourth-order valence-corrected chi connectivity index (χ4v) is 2.29. The lowest BCUT2D eigenvalue weighted by Gasteiger charge is -2.29. The third kappa shape index (κ3) is 2.60. The van der Waals surface area contributed by atoms with Crippen LogP contribution in [0.4, 0.5) is 8.78 Å². The third-order valence-electron chi connectivity index (χ3n) is 3.56. The van der Waals surface area contributed by atoms with Crippen LogP contribution in [0.1, 0.15) is 38.5 Å². The molecule has 0 unspecified atom stereocenters. The highest BCUT2D eigenvalue weighted by atomic mass is 19.3. The molecule has 2 aliphatic carbocycles. The zero-order valence-electron chi connectivity index (χ0n) is 9.22. The molecule has 0 bridgehead atoms. The van der Waals surface area contributed by atoms with Crippen LogP contribution in [0.5, 0.6) is 0 Å². The SMILES string of the molecule is O=C(NC1CCC(C(F)F)CC1)C1=CCC1. The summed E-state index contributed by atoms with van der Waals surface area (Å²) in [5.41, 5.74) is 0.857. The normalized spacial score (nSPS) is 29.6. The molecule has 0 saturated heterocycles. The summed E-state index contributed by atoms with van der Waals surface area (Å²) in [5, 5.41) is 2.93. The maximum atomic E-state index is 12.4. The van der Waals surface area contributed by atoms with Gasteiger partial charge in [0.1, 0.15) is 0 Å². The van der Waals surface area contributed by atoms with Gasteiger partial charge in [0.05, 0.1) is 0 Å². The van der Waals surface area contributed by atoms with Crippen molar-refractivity contribution in [3.05, 3.63) is 11.6 Å². The summed E-state index contributed by atoms with van der Waals surface area (Å²) in [7, 11) is 0. The van der Waals surface area contributed by atoms with Crippen molar-refractivity contribution in [2.24, 2.45) is 5.92 Å². The Kier molecular flexibility index (Phi) is 3.56. The molecule has 1 fully saturated rings. The van der Waals surface area contributed by atoms with Gasteiger partial charge in [0, 0.05) is 17.5 Å². The van der Waals surface area contributed by atoms with E-state index in [1.807, 2.05) is 6.08 Å². The van der Waals surface area contributed by atoms with Crippen molar-refractivity contribution in [3.8, 4) is 0 Å². The lowest BCUT2D eigenvalue weighted by atomic mass is 9.86. The van der Waals surface area contributed by atoms with Crippen LogP contribution in [0.2, 0.25) is 0 Å². The van der Waals surface area contributed by atoms with Crippen molar-refractivity contribution < 1.29 is 13.6 Å². The van der Waals surface area contributed by atoms with Gasteiger partial charge in [-0.15, -0.1) is 0 Å². The van der Waals surface area contributed by atoms with Crippen molar-refractivity contribution in [2.45, 2.75) is 51.0 Å². The second-order valence-electron chi connectivity index (χ2n) is 4.69. The number of amides is 1. The van der Waals surface area contributed by atoms with E-state index >= 15 is 0 Å². The molecule has 0 aromatic rings. The average Bonchev–Trinajstić information content (AvgIpc) is 2.15. The molecule has 0 spiro atoms. The topological polar surface area (TPSA) is 29.1 Å². The summed E-state index contributed by atoms with van der Waals surface area (Å²) in [6.07, 6.45) is 4.01. The molecule has 0 aliphatic heterocycles. The molecule has 2 rings (SSSR count). The highest BCUT2D eigenvalue weighted by Crippen LogP contribution is 2.29. The van der Waals surface area contributed by atoms with E-state index in [9.17, 15) is 13.6 Å². The molecule has 4 heteroatoms. The fraction of sp³-hybridized carbons (Fsp3) is 0.750. The highest BCUT2D eigenvalue weighted by molar-refractivity contribution is 5.94. The quantitative estimate of drug-likeness (QED) is 0.792. The number of halogens is 2. The zero-order chi connectivity index (χ0) is 11.5. The van der Waals surface area contributed by atoms with E-state index in [1.165, 1.54) is 0 Å². The number of carbonyl (C=O) groups excluding carboxylic acids is 1. The molecule has 1 N–H and O–H groups in total. The lowest BCUT2D eigenvalue weighted by Crippen LogP contribution is -2.39. The Balaban J connectivity index is 1.74. The van der Waals surface area contributed by atoms with E-state index in [1.54, 1.807) is 0 Å². The van der Waals surface area contributed by atoms with Gasteiger partial charge >= 0.3 is 0 Å². The molecular weight excluding hydrogens is 212 g/mol. The molecule has 0 radical (unpaired) electrons. The van der Waals surface area contributed by atoms with E-state index in [-0.39, 0.29) is 11.9 Å². The molecule has 0 aromatic heterocycles. The fourth-order valence-electron chi connectivity index (χ4n) is 2.29. The smallest absolute Gasteiger partial charge is 0.247 e. The highest BCUT2D eigenvalue weighted by Gasteiger charge is 2.28. The summed E-state index contributed by atoms with van der Waals surface area (Å²) < 4.78 is 24.8. The Morgan fingerprint density at radius 3 is 2.38 bits per heavy atom. The van der Waals surface area contributed by atoms with Gasteiger partial charge in [0.2, 0.25) is 12.3 Å². The first-order valence-corrected chi connectivity index (χ1v) is 5.95. The lowest BCUT2D eigenvalue weighted by molar-refractivity contribution is -0.118. The van der Waals surface area contributed by atoms with Gasteiger partial charge in [-0.1, -0.05) is 6.08 Å². The number of carbonyl (C=O) groups is 1. The molecule has 2 aliphatic rings. The number of hydrogen-bond donors (Lipinski definition) is 1. The first kappa shape index (κ1) is 11.6. The molecule has 90 valence electrons. The monoisotopic (exact) mass is 229 g/mol. The number of rotatable bonds is 3.